The van der Waals surface area contributed by atoms with Gasteiger partial charge in [0.1, 0.15) is 30.0 Å². The summed E-state index contributed by atoms with van der Waals surface area (Å²) in [5.41, 5.74) is 0.456. The summed E-state index contributed by atoms with van der Waals surface area (Å²) in [6.07, 6.45) is -0.869. The van der Waals surface area contributed by atoms with Crippen LogP contribution in [0.1, 0.15) is 0 Å². The third-order valence-corrected chi connectivity index (χ3v) is 3.10. The molecule has 2 aromatic carbocycles. The molecule has 128 valence electrons. The first-order chi connectivity index (χ1) is 11.6. The predicted molar refractivity (Wildman–Crippen MR) is 87.9 cm³/mol. The van der Waals surface area contributed by atoms with Crippen LogP contribution in [0, 0.1) is 5.82 Å². The Hall–Kier alpha value is -2.80. The molecule has 2 aromatic rings. The molecule has 7 heteroatoms. The van der Waals surface area contributed by atoms with Crippen molar-refractivity contribution < 1.29 is 23.8 Å². The predicted octanol–water partition coefficient (Wildman–Crippen LogP) is 2.40. The number of aliphatic hydroxyl groups is 1. The molecule has 6 nitrogen and oxygen atoms in total. The molecule has 0 aliphatic heterocycles. The van der Waals surface area contributed by atoms with Crippen LogP contribution >= 0.6 is 0 Å². The van der Waals surface area contributed by atoms with Gasteiger partial charge < -0.3 is 25.2 Å². The van der Waals surface area contributed by atoms with Gasteiger partial charge in [-0.05, 0) is 48.5 Å². The first-order valence-corrected chi connectivity index (χ1v) is 7.32. The second kappa shape index (κ2) is 8.73. The summed E-state index contributed by atoms with van der Waals surface area (Å²) in [7, 11) is 1.57. The second-order valence-electron chi connectivity index (χ2n) is 4.98. The number of hydrogen-bond donors (Lipinski definition) is 3. The quantitative estimate of drug-likeness (QED) is 0.726. The molecule has 1 atom stereocenters. The monoisotopic (exact) mass is 334 g/mol. The number of benzene rings is 2. The van der Waals surface area contributed by atoms with Crippen molar-refractivity contribution in [3.63, 3.8) is 0 Å². The minimum absolute atomic E-state index is 0.0170. The number of halogens is 1. The van der Waals surface area contributed by atoms with E-state index in [9.17, 15) is 14.3 Å². The van der Waals surface area contributed by atoms with Crippen molar-refractivity contribution in [1.82, 2.24) is 5.32 Å². The van der Waals surface area contributed by atoms with Crippen LogP contribution in [0.4, 0.5) is 14.9 Å². The average Bonchev–Trinajstić information content (AvgIpc) is 2.60. The lowest BCUT2D eigenvalue weighted by molar-refractivity contribution is 0.108. The molecule has 3 N–H and O–H groups in total. The zero-order chi connectivity index (χ0) is 17.4. The number of methoxy groups -OCH3 is 1. The van der Waals surface area contributed by atoms with Gasteiger partial charge in [-0.15, -0.1) is 0 Å². The van der Waals surface area contributed by atoms with E-state index in [2.05, 4.69) is 10.6 Å². The Morgan fingerprint density at radius 2 is 1.75 bits per heavy atom. The fourth-order valence-corrected chi connectivity index (χ4v) is 1.84. The van der Waals surface area contributed by atoms with E-state index in [0.29, 0.717) is 17.2 Å². The molecule has 0 aromatic heterocycles. The van der Waals surface area contributed by atoms with Gasteiger partial charge in [0.15, 0.2) is 0 Å². The maximum absolute atomic E-state index is 12.8. The van der Waals surface area contributed by atoms with Crippen LogP contribution in [0.15, 0.2) is 48.5 Å². The summed E-state index contributed by atoms with van der Waals surface area (Å²) in [6.45, 7) is 0.0480. The van der Waals surface area contributed by atoms with Gasteiger partial charge in [0, 0.05) is 12.2 Å². The SMILES string of the molecule is COc1ccc(OC[C@@H](O)CNC(=O)Nc2ccc(F)cc2)cc1. The van der Waals surface area contributed by atoms with E-state index in [-0.39, 0.29) is 19.0 Å². The zero-order valence-electron chi connectivity index (χ0n) is 13.2. The van der Waals surface area contributed by atoms with Crippen LogP contribution in [-0.4, -0.2) is 37.5 Å². The van der Waals surface area contributed by atoms with Crippen LogP contribution in [0.2, 0.25) is 0 Å². The normalized spacial score (nSPS) is 11.5. The fraction of sp³-hybridized carbons (Fsp3) is 0.235. The number of carbonyl (C=O) groups is 1. The number of nitrogens with one attached hydrogen (secondary N) is 2. The number of urea groups is 1. The Balaban J connectivity index is 1.69. The molecule has 0 saturated heterocycles. The molecule has 0 bridgehead atoms. The topological polar surface area (TPSA) is 79.8 Å². The van der Waals surface area contributed by atoms with Crippen LogP contribution < -0.4 is 20.1 Å². The van der Waals surface area contributed by atoms with E-state index in [4.69, 9.17) is 9.47 Å². The molecular formula is C17H19FN2O4. The zero-order valence-corrected chi connectivity index (χ0v) is 13.2. The molecular weight excluding hydrogens is 315 g/mol. The summed E-state index contributed by atoms with van der Waals surface area (Å²) < 4.78 is 23.2. The third kappa shape index (κ3) is 5.77. The Bertz CT molecular complexity index is 647. The maximum Gasteiger partial charge on any atom is 0.319 e. The highest BCUT2D eigenvalue weighted by atomic mass is 19.1. The fourth-order valence-electron chi connectivity index (χ4n) is 1.84. The number of rotatable bonds is 7. The van der Waals surface area contributed by atoms with Crippen molar-refractivity contribution in [2.45, 2.75) is 6.10 Å². The van der Waals surface area contributed by atoms with Gasteiger partial charge in [-0.2, -0.15) is 0 Å². The largest absolute Gasteiger partial charge is 0.497 e. The summed E-state index contributed by atoms with van der Waals surface area (Å²) >= 11 is 0. The lowest BCUT2D eigenvalue weighted by Crippen LogP contribution is -2.37. The Kier molecular flexibility index (Phi) is 6.39. The van der Waals surface area contributed by atoms with Crippen LogP contribution in [0.5, 0.6) is 11.5 Å². The molecule has 0 fully saturated rings. The number of aliphatic hydroxyl groups excluding tert-OH is 1. The molecule has 0 aliphatic rings. The lowest BCUT2D eigenvalue weighted by atomic mass is 10.3. The highest BCUT2D eigenvalue weighted by Gasteiger charge is 2.08. The average molecular weight is 334 g/mol. The van der Waals surface area contributed by atoms with Crippen LogP contribution in [0.3, 0.4) is 0 Å². The molecule has 24 heavy (non-hydrogen) atoms. The molecule has 0 heterocycles. The van der Waals surface area contributed by atoms with Gasteiger partial charge >= 0.3 is 6.03 Å². The van der Waals surface area contributed by atoms with Crippen molar-refractivity contribution in [3.05, 3.63) is 54.3 Å². The van der Waals surface area contributed by atoms with Gasteiger partial charge in [0.25, 0.3) is 0 Å². The van der Waals surface area contributed by atoms with E-state index in [1.165, 1.54) is 24.3 Å². The van der Waals surface area contributed by atoms with Crippen LogP contribution in [-0.2, 0) is 0 Å². The third-order valence-electron chi connectivity index (χ3n) is 3.10. The van der Waals surface area contributed by atoms with Crippen molar-refractivity contribution in [1.29, 1.82) is 0 Å². The van der Waals surface area contributed by atoms with Gasteiger partial charge in [-0.25, -0.2) is 9.18 Å². The lowest BCUT2D eigenvalue weighted by Gasteiger charge is -2.14. The van der Waals surface area contributed by atoms with Crippen molar-refractivity contribution in [2.24, 2.45) is 0 Å². The first-order valence-electron chi connectivity index (χ1n) is 7.32. The smallest absolute Gasteiger partial charge is 0.319 e. The molecule has 0 spiro atoms. The minimum atomic E-state index is -0.869. The van der Waals surface area contributed by atoms with E-state index >= 15 is 0 Å². The number of ether oxygens (including phenoxy) is 2. The summed E-state index contributed by atoms with van der Waals surface area (Å²) in [6, 6.07) is 11.8. The van der Waals surface area contributed by atoms with Crippen molar-refractivity contribution >= 4 is 11.7 Å². The van der Waals surface area contributed by atoms with E-state index in [1.54, 1.807) is 31.4 Å². The van der Waals surface area contributed by atoms with E-state index < -0.39 is 12.1 Å². The minimum Gasteiger partial charge on any atom is -0.497 e. The number of anilines is 1. The Labute approximate surface area is 139 Å². The van der Waals surface area contributed by atoms with Crippen LogP contribution in [0.25, 0.3) is 0 Å². The number of carbonyl (C=O) groups excluding carboxylic acids is 1. The summed E-state index contributed by atoms with van der Waals surface area (Å²) in [5, 5.41) is 14.9. The highest BCUT2D eigenvalue weighted by Crippen LogP contribution is 2.17. The summed E-state index contributed by atoms with van der Waals surface area (Å²) in [4.78, 5) is 11.7. The number of hydrogen-bond acceptors (Lipinski definition) is 4. The summed E-state index contributed by atoms with van der Waals surface area (Å²) in [5.74, 6) is 0.916. The Morgan fingerprint density at radius 3 is 2.38 bits per heavy atom. The highest BCUT2D eigenvalue weighted by molar-refractivity contribution is 5.89. The molecule has 0 saturated carbocycles. The number of amides is 2. The molecule has 0 aliphatic carbocycles. The van der Waals surface area contributed by atoms with E-state index in [1.807, 2.05) is 0 Å². The molecule has 0 unspecified atom stereocenters. The Morgan fingerprint density at radius 1 is 1.12 bits per heavy atom. The van der Waals surface area contributed by atoms with Gasteiger partial charge in [0.2, 0.25) is 0 Å². The van der Waals surface area contributed by atoms with Gasteiger partial charge in [-0.3, -0.25) is 0 Å². The van der Waals surface area contributed by atoms with Crippen molar-refractivity contribution in [2.75, 3.05) is 25.6 Å². The standard InChI is InChI=1S/C17H19FN2O4/c1-23-15-6-8-16(9-7-15)24-11-14(21)10-19-17(22)20-13-4-2-12(18)3-5-13/h2-9,14,21H,10-11H2,1H3,(H2,19,20,22)/t14-/m0/s1. The molecule has 2 rings (SSSR count). The van der Waals surface area contributed by atoms with Gasteiger partial charge in [0.05, 0.1) is 7.11 Å². The first kappa shape index (κ1) is 17.6. The van der Waals surface area contributed by atoms with Gasteiger partial charge in [-0.1, -0.05) is 0 Å². The molecule has 0 radical (unpaired) electrons. The molecule has 2 amide bonds. The maximum atomic E-state index is 12.8. The second-order valence-corrected chi connectivity index (χ2v) is 4.98. The van der Waals surface area contributed by atoms with Crippen molar-refractivity contribution in [3.8, 4) is 11.5 Å². The van der Waals surface area contributed by atoms with E-state index in [0.717, 1.165) is 0 Å².